The van der Waals surface area contributed by atoms with Gasteiger partial charge in [0.15, 0.2) is 0 Å². The monoisotopic (exact) mass is 363 g/mol. The second-order valence-corrected chi connectivity index (χ2v) is 10.8. The van der Waals surface area contributed by atoms with Gasteiger partial charge in [0.1, 0.15) is 5.78 Å². The molecule has 148 valence electrons. The van der Waals surface area contributed by atoms with E-state index in [0.29, 0.717) is 29.6 Å². The van der Waals surface area contributed by atoms with E-state index in [-0.39, 0.29) is 22.9 Å². The average Bonchev–Trinajstić information content (AvgIpc) is 2.52. The Morgan fingerprint density at radius 1 is 0.885 bits per heavy atom. The fraction of sp³-hybridized carbons (Fsp3) is 0.909. The summed E-state index contributed by atoms with van der Waals surface area (Å²) >= 11 is 0. The number of hydrogen-bond donors (Lipinski definition) is 0. The van der Waals surface area contributed by atoms with Crippen molar-refractivity contribution in [2.24, 2.45) is 29.1 Å². The highest BCUT2D eigenvalue weighted by atomic mass is 16.5. The van der Waals surface area contributed by atoms with Gasteiger partial charge in [-0.15, -0.1) is 0 Å². The molecule has 2 atom stereocenters. The van der Waals surface area contributed by atoms with Gasteiger partial charge in [0, 0.05) is 30.3 Å². The summed E-state index contributed by atoms with van der Waals surface area (Å²) in [5, 5.41) is 0. The van der Waals surface area contributed by atoms with Crippen LogP contribution in [0.1, 0.15) is 73.6 Å². The number of nitrogens with zero attached hydrogens (tertiary/aromatic N) is 1. The molecule has 0 aromatic carbocycles. The zero-order valence-corrected chi connectivity index (χ0v) is 17.5. The van der Waals surface area contributed by atoms with Crippen LogP contribution in [0.4, 0.5) is 0 Å². The van der Waals surface area contributed by atoms with Crippen LogP contribution in [-0.4, -0.2) is 41.4 Å². The molecular weight excluding hydrogens is 326 g/mol. The predicted molar refractivity (Wildman–Crippen MR) is 103 cm³/mol. The van der Waals surface area contributed by atoms with E-state index in [4.69, 9.17) is 4.74 Å². The normalized spacial score (nSPS) is 35.0. The Balaban J connectivity index is 1.50. The first-order valence-electron chi connectivity index (χ1n) is 10.5. The molecule has 4 fully saturated rings. The van der Waals surface area contributed by atoms with E-state index in [1.54, 1.807) is 0 Å². The number of ketones is 1. The first kappa shape index (κ1) is 19.9. The second kappa shape index (κ2) is 6.92. The third-order valence-electron chi connectivity index (χ3n) is 6.43. The molecule has 0 radical (unpaired) electrons. The molecule has 26 heavy (non-hydrogen) atoms. The number of carbonyl (C=O) groups excluding carboxylic acids is 2. The first-order chi connectivity index (χ1) is 12.0. The van der Waals surface area contributed by atoms with Crippen molar-refractivity contribution in [1.29, 1.82) is 0 Å². The summed E-state index contributed by atoms with van der Waals surface area (Å²) in [5.74, 6) is 1.86. The summed E-state index contributed by atoms with van der Waals surface area (Å²) in [4.78, 5) is 27.7. The van der Waals surface area contributed by atoms with Crippen LogP contribution in [0.15, 0.2) is 0 Å². The minimum Gasteiger partial charge on any atom is -0.373 e. The third kappa shape index (κ3) is 4.16. The van der Waals surface area contributed by atoms with Crippen LogP contribution >= 0.6 is 0 Å². The molecule has 4 nitrogen and oxygen atoms in total. The quantitative estimate of drug-likeness (QED) is 0.759. The van der Waals surface area contributed by atoms with Crippen molar-refractivity contribution in [2.45, 2.75) is 85.4 Å². The lowest BCUT2D eigenvalue weighted by Gasteiger charge is -2.54. The molecule has 2 unspecified atom stereocenters. The zero-order valence-electron chi connectivity index (χ0n) is 17.5. The van der Waals surface area contributed by atoms with E-state index >= 15 is 0 Å². The van der Waals surface area contributed by atoms with Crippen LogP contribution in [0.2, 0.25) is 0 Å². The first-order valence-corrected chi connectivity index (χ1v) is 10.5. The third-order valence-corrected chi connectivity index (χ3v) is 6.43. The van der Waals surface area contributed by atoms with Crippen LogP contribution in [0.5, 0.6) is 0 Å². The maximum atomic E-state index is 13.0. The number of rotatable bonds is 3. The Kier molecular flexibility index (Phi) is 5.29. The molecule has 0 N–H and O–H groups in total. The Hall–Kier alpha value is -0.900. The van der Waals surface area contributed by atoms with Gasteiger partial charge in [-0.25, -0.2) is 0 Å². The van der Waals surface area contributed by atoms with E-state index < -0.39 is 0 Å². The van der Waals surface area contributed by atoms with E-state index in [1.807, 2.05) is 20.8 Å². The van der Waals surface area contributed by atoms with Crippen molar-refractivity contribution in [2.75, 3.05) is 13.1 Å². The number of fused-ring (bicyclic) bond motifs is 2. The van der Waals surface area contributed by atoms with Gasteiger partial charge in [0.2, 0.25) is 5.91 Å². The molecule has 2 heterocycles. The zero-order chi connectivity index (χ0) is 19.3. The Morgan fingerprint density at radius 3 is 1.88 bits per heavy atom. The summed E-state index contributed by atoms with van der Waals surface area (Å²) in [6.45, 7) is 13.9. The van der Waals surface area contributed by atoms with Crippen molar-refractivity contribution < 1.29 is 14.3 Å². The summed E-state index contributed by atoms with van der Waals surface area (Å²) in [6, 6.07) is 0. The van der Waals surface area contributed by atoms with Crippen molar-refractivity contribution in [3.05, 3.63) is 0 Å². The van der Waals surface area contributed by atoms with Gasteiger partial charge in [-0.1, -0.05) is 20.8 Å². The van der Waals surface area contributed by atoms with Crippen molar-refractivity contribution in [3.8, 4) is 0 Å². The fourth-order valence-electron chi connectivity index (χ4n) is 5.18. The van der Waals surface area contributed by atoms with Crippen molar-refractivity contribution in [3.63, 3.8) is 0 Å². The van der Waals surface area contributed by atoms with E-state index in [9.17, 15) is 9.59 Å². The summed E-state index contributed by atoms with van der Waals surface area (Å²) in [5.41, 5.74) is -0.372. The predicted octanol–water partition coefficient (Wildman–Crippen LogP) is 4.07. The standard InChI is InChI=1S/C22H37NO3/c1-21(2,3)19(24)18-15-11-16(18)13-23(12-15)20(25)14-7-9-17(10-8-14)26-22(4,5)6/h14-18H,7-13H2,1-6H3. The van der Waals surface area contributed by atoms with Gasteiger partial charge in [-0.05, 0) is 64.7 Å². The van der Waals surface area contributed by atoms with Crippen LogP contribution in [-0.2, 0) is 14.3 Å². The summed E-state index contributed by atoms with van der Waals surface area (Å²) < 4.78 is 6.09. The van der Waals surface area contributed by atoms with Gasteiger partial charge in [-0.2, -0.15) is 0 Å². The van der Waals surface area contributed by atoms with Gasteiger partial charge in [0.05, 0.1) is 11.7 Å². The van der Waals surface area contributed by atoms with Crippen LogP contribution in [0.25, 0.3) is 0 Å². The molecule has 2 bridgehead atoms. The van der Waals surface area contributed by atoms with Gasteiger partial charge in [0.25, 0.3) is 0 Å². The van der Waals surface area contributed by atoms with E-state index in [0.717, 1.165) is 45.2 Å². The van der Waals surface area contributed by atoms with Crippen LogP contribution < -0.4 is 0 Å². The lowest BCUT2D eigenvalue weighted by molar-refractivity contribution is -0.159. The molecule has 2 aliphatic heterocycles. The Bertz CT molecular complexity index is 537. The molecule has 2 saturated heterocycles. The minimum absolute atomic E-state index is 0.107. The molecule has 4 rings (SSSR count). The smallest absolute Gasteiger partial charge is 0.225 e. The van der Waals surface area contributed by atoms with Crippen LogP contribution in [0.3, 0.4) is 0 Å². The van der Waals surface area contributed by atoms with Gasteiger partial charge in [-0.3, -0.25) is 9.59 Å². The topological polar surface area (TPSA) is 46.6 Å². The Labute approximate surface area is 159 Å². The number of piperidine rings is 2. The van der Waals surface area contributed by atoms with Gasteiger partial charge >= 0.3 is 0 Å². The molecular formula is C22H37NO3. The van der Waals surface area contributed by atoms with E-state index in [1.165, 1.54) is 0 Å². The lowest BCUT2D eigenvalue weighted by atomic mass is 9.57. The lowest BCUT2D eigenvalue weighted by Crippen LogP contribution is -2.61. The fourth-order valence-corrected chi connectivity index (χ4v) is 5.18. The average molecular weight is 364 g/mol. The second-order valence-electron chi connectivity index (χ2n) is 10.8. The van der Waals surface area contributed by atoms with Crippen molar-refractivity contribution in [1.82, 2.24) is 4.90 Å². The largest absolute Gasteiger partial charge is 0.373 e. The number of hydrogen-bond acceptors (Lipinski definition) is 3. The number of amides is 1. The summed E-state index contributed by atoms with van der Waals surface area (Å²) in [6.07, 6.45) is 5.27. The Morgan fingerprint density at radius 2 is 1.42 bits per heavy atom. The highest BCUT2D eigenvalue weighted by molar-refractivity contribution is 5.88. The van der Waals surface area contributed by atoms with Crippen molar-refractivity contribution >= 4 is 11.7 Å². The SMILES string of the molecule is CC(C)(C)OC1CCC(C(=O)N2CC3CC(C2)C3C(=O)C(C)(C)C)CC1. The van der Waals surface area contributed by atoms with Crippen LogP contribution in [0, 0.1) is 29.1 Å². The summed E-state index contributed by atoms with van der Waals surface area (Å²) in [7, 11) is 0. The molecule has 4 heteroatoms. The maximum Gasteiger partial charge on any atom is 0.225 e. The minimum atomic E-state index is -0.265. The molecule has 0 aromatic heterocycles. The molecule has 1 amide bonds. The maximum absolute atomic E-state index is 13.0. The molecule has 2 saturated carbocycles. The number of Topliss-reactive ketones (excluding diaryl/α,β-unsaturated/α-hetero) is 1. The molecule has 0 aromatic rings. The molecule has 0 spiro atoms. The highest BCUT2D eigenvalue weighted by Gasteiger charge is 2.53. The molecule has 2 aliphatic carbocycles. The number of carbonyl (C=O) groups is 2. The number of ether oxygens (including phenoxy) is 1. The molecule has 4 aliphatic rings. The highest BCUT2D eigenvalue weighted by Crippen LogP contribution is 2.49. The van der Waals surface area contributed by atoms with Gasteiger partial charge < -0.3 is 9.64 Å². The van der Waals surface area contributed by atoms with E-state index in [2.05, 4.69) is 25.7 Å².